The van der Waals surface area contributed by atoms with Crippen molar-refractivity contribution in [3.8, 4) is 0 Å². The summed E-state index contributed by atoms with van der Waals surface area (Å²) >= 11 is 0. The Kier molecular flexibility index (Phi) is 7.40. The molecule has 1 amide bonds. The summed E-state index contributed by atoms with van der Waals surface area (Å²) in [4.78, 5) is 13.0. The highest BCUT2D eigenvalue weighted by Crippen LogP contribution is 2.35. The zero-order valence-electron chi connectivity index (χ0n) is 11.9. The van der Waals surface area contributed by atoms with E-state index < -0.39 is 24.0 Å². The first-order chi connectivity index (χ1) is 9.06. The second kappa shape index (κ2) is 7.75. The van der Waals surface area contributed by atoms with E-state index in [1.54, 1.807) is 5.32 Å². The number of rotatable bonds is 8. The second-order valence-corrected chi connectivity index (χ2v) is 4.62. The Balaban J connectivity index is 4.21. The summed E-state index contributed by atoms with van der Waals surface area (Å²) in [5, 5.41) is 1.71. The van der Waals surface area contributed by atoms with Crippen molar-refractivity contribution in [1.82, 2.24) is 10.2 Å². The van der Waals surface area contributed by atoms with Gasteiger partial charge in [-0.25, -0.2) is 0 Å². The maximum absolute atomic E-state index is 12.7. The topological polar surface area (TPSA) is 32.3 Å². The van der Waals surface area contributed by atoms with Gasteiger partial charge in [-0.05, 0) is 39.4 Å². The highest BCUT2D eigenvalue weighted by Gasteiger charge is 2.63. The highest BCUT2D eigenvalue weighted by molar-refractivity contribution is 5.84. The van der Waals surface area contributed by atoms with Crippen LogP contribution in [0.3, 0.4) is 0 Å². The maximum Gasteiger partial charge on any atom is 0.463 e. The van der Waals surface area contributed by atoms with Gasteiger partial charge in [0.2, 0.25) is 0 Å². The zero-order chi connectivity index (χ0) is 16.0. The summed E-state index contributed by atoms with van der Waals surface area (Å²) in [7, 11) is 0. The van der Waals surface area contributed by atoms with Crippen LogP contribution in [0.15, 0.2) is 0 Å². The lowest BCUT2D eigenvalue weighted by Gasteiger charge is -2.22. The van der Waals surface area contributed by atoms with E-state index in [0.29, 0.717) is 19.4 Å². The monoisotopic (exact) mass is 304 g/mol. The van der Waals surface area contributed by atoms with Crippen molar-refractivity contribution < 1.29 is 26.7 Å². The molecule has 8 heteroatoms. The van der Waals surface area contributed by atoms with Gasteiger partial charge in [0.1, 0.15) is 0 Å². The number of hydrogen-bond donors (Lipinski definition) is 1. The molecule has 0 heterocycles. The third-order valence-corrected chi connectivity index (χ3v) is 3.02. The zero-order valence-corrected chi connectivity index (χ0v) is 11.9. The van der Waals surface area contributed by atoms with Gasteiger partial charge in [-0.2, -0.15) is 22.0 Å². The van der Waals surface area contributed by atoms with Crippen molar-refractivity contribution in [1.29, 1.82) is 0 Å². The predicted octanol–water partition coefficient (Wildman–Crippen LogP) is 2.81. The molecule has 1 N–H and O–H groups in total. The molecule has 0 radical (unpaired) electrons. The minimum Gasteiger partial charge on any atom is -0.348 e. The molecule has 1 atom stereocenters. The molecule has 0 aromatic carbocycles. The van der Waals surface area contributed by atoms with Crippen LogP contribution in [0.1, 0.15) is 33.6 Å². The summed E-state index contributed by atoms with van der Waals surface area (Å²) in [5.41, 5.74) is 0. The first-order valence-corrected chi connectivity index (χ1v) is 6.54. The van der Waals surface area contributed by atoms with Crippen LogP contribution in [-0.2, 0) is 4.79 Å². The standard InChI is InChI=1S/C12H21F5N2O/c1-4-19(5-2)8-6-7-9(3)18-10(20)11(13,14)12(15,16)17/h9H,4-8H2,1-3H3,(H,18,20). The lowest BCUT2D eigenvalue weighted by atomic mass is 10.1. The van der Waals surface area contributed by atoms with E-state index in [1.807, 2.05) is 13.8 Å². The van der Waals surface area contributed by atoms with Crippen molar-refractivity contribution in [3.63, 3.8) is 0 Å². The third kappa shape index (κ3) is 5.60. The highest BCUT2D eigenvalue weighted by atomic mass is 19.4. The van der Waals surface area contributed by atoms with E-state index in [4.69, 9.17) is 0 Å². The molecule has 0 fully saturated rings. The quantitative estimate of drug-likeness (QED) is 0.699. The van der Waals surface area contributed by atoms with Crippen LogP contribution in [0.4, 0.5) is 22.0 Å². The van der Waals surface area contributed by atoms with E-state index in [1.165, 1.54) is 6.92 Å². The Bertz CT molecular complexity index is 303. The number of hydrogen-bond acceptors (Lipinski definition) is 2. The number of alkyl halides is 5. The average molecular weight is 304 g/mol. The predicted molar refractivity (Wildman–Crippen MR) is 65.6 cm³/mol. The Labute approximate surface area is 115 Å². The van der Waals surface area contributed by atoms with Gasteiger partial charge in [0.25, 0.3) is 0 Å². The number of nitrogens with zero attached hydrogens (tertiary/aromatic N) is 1. The van der Waals surface area contributed by atoms with Gasteiger partial charge in [0, 0.05) is 6.04 Å². The molecule has 3 nitrogen and oxygen atoms in total. The molecule has 1 unspecified atom stereocenters. The summed E-state index contributed by atoms with van der Waals surface area (Å²) in [5.74, 6) is -7.64. The van der Waals surface area contributed by atoms with E-state index in [-0.39, 0.29) is 0 Å². The van der Waals surface area contributed by atoms with Crippen molar-refractivity contribution in [2.24, 2.45) is 0 Å². The molecule has 120 valence electrons. The number of carbonyl (C=O) groups is 1. The molecule has 0 aliphatic heterocycles. The SMILES string of the molecule is CCN(CC)CCCC(C)NC(=O)C(F)(F)C(F)(F)F. The van der Waals surface area contributed by atoms with Crippen LogP contribution < -0.4 is 5.32 Å². The summed E-state index contributed by atoms with van der Waals surface area (Å²) in [6, 6.07) is -0.730. The van der Waals surface area contributed by atoms with E-state index in [2.05, 4.69) is 4.90 Å². The Morgan fingerprint density at radius 1 is 1.15 bits per heavy atom. The minimum absolute atomic E-state index is 0.343. The first-order valence-electron chi connectivity index (χ1n) is 6.54. The second-order valence-electron chi connectivity index (χ2n) is 4.62. The Morgan fingerprint density at radius 2 is 1.65 bits per heavy atom. The van der Waals surface area contributed by atoms with Crippen LogP contribution in [0.2, 0.25) is 0 Å². The molecule has 0 saturated carbocycles. The van der Waals surface area contributed by atoms with Crippen LogP contribution in [-0.4, -0.2) is 48.6 Å². The molecule has 20 heavy (non-hydrogen) atoms. The fraction of sp³-hybridized carbons (Fsp3) is 0.917. The summed E-state index contributed by atoms with van der Waals surface area (Å²) in [6.45, 7) is 7.74. The van der Waals surface area contributed by atoms with Crippen molar-refractivity contribution in [2.75, 3.05) is 19.6 Å². The van der Waals surface area contributed by atoms with Gasteiger partial charge >= 0.3 is 18.0 Å². The van der Waals surface area contributed by atoms with Crippen molar-refractivity contribution in [2.45, 2.75) is 51.8 Å². The molecule has 0 aliphatic rings. The molecule has 0 saturated heterocycles. The van der Waals surface area contributed by atoms with Crippen LogP contribution >= 0.6 is 0 Å². The summed E-state index contributed by atoms with van der Waals surface area (Å²) < 4.78 is 61.3. The van der Waals surface area contributed by atoms with Crippen molar-refractivity contribution >= 4 is 5.91 Å². The largest absolute Gasteiger partial charge is 0.463 e. The number of nitrogens with one attached hydrogen (secondary N) is 1. The molecule has 0 aromatic rings. The van der Waals surface area contributed by atoms with Crippen LogP contribution in [0, 0.1) is 0 Å². The molecular weight excluding hydrogens is 283 g/mol. The fourth-order valence-electron chi connectivity index (χ4n) is 1.68. The molecule has 0 aliphatic carbocycles. The molecule has 0 bridgehead atoms. The molecule has 0 aromatic heterocycles. The molecule has 0 rings (SSSR count). The van der Waals surface area contributed by atoms with Crippen LogP contribution in [0.5, 0.6) is 0 Å². The summed E-state index contributed by atoms with van der Waals surface area (Å²) in [6.07, 6.45) is -4.91. The van der Waals surface area contributed by atoms with Crippen LogP contribution in [0.25, 0.3) is 0 Å². The van der Waals surface area contributed by atoms with Gasteiger partial charge in [-0.3, -0.25) is 4.79 Å². The number of amides is 1. The van der Waals surface area contributed by atoms with Gasteiger partial charge in [-0.15, -0.1) is 0 Å². The van der Waals surface area contributed by atoms with Gasteiger partial charge in [0.15, 0.2) is 0 Å². The number of carbonyl (C=O) groups excluding carboxylic acids is 1. The van der Waals surface area contributed by atoms with Gasteiger partial charge in [0.05, 0.1) is 0 Å². The Hall–Kier alpha value is -0.920. The Morgan fingerprint density at radius 3 is 2.05 bits per heavy atom. The fourth-order valence-corrected chi connectivity index (χ4v) is 1.68. The van der Waals surface area contributed by atoms with Crippen molar-refractivity contribution in [3.05, 3.63) is 0 Å². The van der Waals surface area contributed by atoms with Gasteiger partial charge in [-0.1, -0.05) is 13.8 Å². The minimum atomic E-state index is -5.86. The van der Waals surface area contributed by atoms with E-state index in [9.17, 15) is 26.7 Å². The van der Waals surface area contributed by atoms with E-state index >= 15 is 0 Å². The smallest absolute Gasteiger partial charge is 0.348 e. The molecular formula is C12H21F5N2O. The third-order valence-electron chi connectivity index (χ3n) is 3.02. The lowest BCUT2D eigenvalue weighted by molar-refractivity contribution is -0.270. The maximum atomic E-state index is 12.7. The number of halogens is 5. The lowest BCUT2D eigenvalue weighted by Crippen LogP contribution is -2.52. The first kappa shape index (κ1) is 19.1. The van der Waals surface area contributed by atoms with Gasteiger partial charge < -0.3 is 10.2 Å². The molecule has 0 spiro atoms. The van der Waals surface area contributed by atoms with E-state index in [0.717, 1.165) is 13.1 Å². The normalized spacial score (nSPS) is 14.4. The average Bonchev–Trinajstić information content (AvgIpc) is 2.33.